The second kappa shape index (κ2) is 5.51. The maximum absolute atomic E-state index is 11.1. The maximum atomic E-state index is 11.1. The van der Waals surface area contributed by atoms with Crippen LogP contribution in [0.25, 0.3) is 0 Å². The fourth-order valence-electron chi connectivity index (χ4n) is 1.52. The molecule has 15 heavy (non-hydrogen) atoms. The Morgan fingerprint density at radius 3 is 2.47 bits per heavy atom. The van der Waals surface area contributed by atoms with Crippen LogP contribution in [0.3, 0.4) is 0 Å². The highest BCUT2D eigenvalue weighted by molar-refractivity contribution is 5.81. The van der Waals surface area contributed by atoms with Gasteiger partial charge in [-0.15, -0.1) is 0 Å². The number of phenolic OH excluding ortho intramolecular Hbond substituents is 1. The number of benzene rings is 1. The molecule has 0 aliphatic heterocycles. The van der Waals surface area contributed by atoms with Crippen molar-refractivity contribution in [3.63, 3.8) is 0 Å². The van der Waals surface area contributed by atoms with Gasteiger partial charge in [-0.05, 0) is 44.5 Å². The molecule has 3 nitrogen and oxygen atoms in total. The Kier molecular flexibility index (Phi) is 4.31. The van der Waals surface area contributed by atoms with Crippen molar-refractivity contribution in [1.29, 1.82) is 0 Å². The second-order valence-corrected chi connectivity index (χ2v) is 3.66. The van der Waals surface area contributed by atoms with E-state index in [4.69, 9.17) is 5.11 Å². The first-order valence-corrected chi connectivity index (χ1v) is 5.09. The summed E-state index contributed by atoms with van der Waals surface area (Å²) in [6.45, 7) is 1.60. The summed E-state index contributed by atoms with van der Waals surface area (Å²) in [6, 6.07) is 7.01. The number of likely N-dealkylation sites (N-methyl/N-ethyl adjacent to an activating group) is 1. The molecule has 3 heteroatoms. The quantitative estimate of drug-likeness (QED) is 0.769. The molecule has 0 bridgehead atoms. The van der Waals surface area contributed by atoms with Crippen LogP contribution in [0.4, 0.5) is 0 Å². The van der Waals surface area contributed by atoms with Gasteiger partial charge in [0.2, 0.25) is 0 Å². The van der Waals surface area contributed by atoms with Crippen molar-refractivity contribution >= 4 is 5.78 Å². The molecule has 0 fully saturated rings. The molecule has 0 heterocycles. The first-order chi connectivity index (χ1) is 7.13. The molecule has 0 saturated heterocycles. The molecule has 1 aromatic rings. The first-order valence-electron chi connectivity index (χ1n) is 5.09. The van der Waals surface area contributed by atoms with Gasteiger partial charge < -0.3 is 10.4 Å². The average Bonchev–Trinajstić information content (AvgIpc) is 2.21. The van der Waals surface area contributed by atoms with Crippen molar-refractivity contribution in [2.75, 3.05) is 7.05 Å². The van der Waals surface area contributed by atoms with E-state index in [0.29, 0.717) is 0 Å². The molecular formula is C12H17NO2. The number of rotatable bonds is 5. The Morgan fingerprint density at radius 1 is 1.40 bits per heavy atom. The largest absolute Gasteiger partial charge is 0.508 e. The van der Waals surface area contributed by atoms with Gasteiger partial charge in [-0.1, -0.05) is 12.1 Å². The monoisotopic (exact) mass is 207 g/mol. The molecule has 0 aliphatic rings. The average molecular weight is 207 g/mol. The molecule has 0 spiro atoms. The number of phenols is 1. The van der Waals surface area contributed by atoms with Gasteiger partial charge in [0.1, 0.15) is 11.5 Å². The zero-order chi connectivity index (χ0) is 11.3. The predicted molar refractivity (Wildman–Crippen MR) is 60.0 cm³/mol. The van der Waals surface area contributed by atoms with Crippen LogP contribution in [0.2, 0.25) is 0 Å². The molecule has 1 rings (SSSR count). The van der Waals surface area contributed by atoms with E-state index in [1.807, 2.05) is 12.1 Å². The molecule has 0 aliphatic carbocycles. The molecule has 2 N–H and O–H groups in total. The lowest BCUT2D eigenvalue weighted by atomic mass is 10.0. The normalized spacial score (nSPS) is 12.4. The van der Waals surface area contributed by atoms with Crippen molar-refractivity contribution in [2.24, 2.45) is 0 Å². The number of Topliss-reactive ketones (excluding diaryl/α,β-unsaturated/α-hetero) is 1. The highest BCUT2D eigenvalue weighted by atomic mass is 16.3. The molecule has 82 valence electrons. The van der Waals surface area contributed by atoms with E-state index in [9.17, 15) is 4.79 Å². The summed E-state index contributed by atoms with van der Waals surface area (Å²) in [6.07, 6.45) is 1.63. The van der Waals surface area contributed by atoms with Crippen LogP contribution < -0.4 is 5.32 Å². The predicted octanol–water partition coefficient (Wildman–Crippen LogP) is 1.50. The zero-order valence-corrected chi connectivity index (χ0v) is 9.16. The van der Waals surface area contributed by atoms with Gasteiger partial charge in [-0.2, -0.15) is 0 Å². The number of aromatic hydroxyl groups is 1. The first kappa shape index (κ1) is 11.7. The van der Waals surface area contributed by atoms with Crippen molar-refractivity contribution in [1.82, 2.24) is 5.32 Å². The van der Waals surface area contributed by atoms with Crippen LogP contribution >= 0.6 is 0 Å². The lowest BCUT2D eigenvalue weighted by molar-refractivity contribution is -0.119. The fourth-order valence-corrected chi connectivity index (χ4v) is 1.52. The minimum Gasteiger partial charge on any atom is -0.508 e. The van der Waals surface area contributed by atoms with E-state index < -0.39 is 0 Å². The maximum Gasteiger partial charge on any atom is 0.146 e. The molecule has 0 saturated carbocycles. The highest BCUT2D eigenvalue weighted by Gasteiger charge is 2.10. The third kappa shape index (κ3) is 3.72. The molecule has 1 aromatic carbocycles. The number of aryl methyl sites for hydroxylation is 1. The van der Waals surface area contributed by atoms with Gasteiger partial charge in [0.05, 0.1) is 6.04 Å². The van der Waals surface area contributed by atoms with E-state index in [1.54, 1.807) is 26.1 Å². The van der Waals surface area contributed by atoms with Gasteiger partial charge in [-0.25, -0.2) is 0 Å². The highest BCUT2D eigenvalue weighted by Crippen LogP contribution is 2.12. The van der Waals surface area contributed by atoms with E-state index in [2.05, 4.69) is 5.32 Å². The van der Waals surface area contributed by atoms with Crippen molar-refractivity contribution in [2.45, 2.75) is 25.8 Å². The second-order valence-electron chi connectivity index (χ2n) is 3.66. The standard InChI is InChI=1S/C12H17NO2/c1-9(14)12(13-2)8-5-10-3-6-11(15)7-4-10/h3-4,6-7,12-13,15H,5,8H2,1-2H3. The molecule has 0 radical (unpaired) electrons. The van der Waals surface area contributed by atoms with Crippen LogP contribution in [0, 0.1) is 0 Å². The lowest BCUT2D eigenvalue weighted by Gasteiger charge is -2.12. The Hall–Kier alpha value is -1.35. The zero-order valence-electron chi connectivity index (χ0n) is 9.16. The summed E-state index contributed by atoms with van der Waals surface area (Å²) < 4.78 is 0. The number of hydrogen-bond acceptors (Lipinski definition) is 3. The van der Waals surface area contributed by atoms with Crippen LogP contribution in [0.15, 0.2) is 24.3 Å². The molecule has 1 atom stereocenters. The summed E-state index contributed by atoms with van der Waals surface area (Å²) in [7, 11) is 1.79. The van der Waals surface area contributed by atoms with E-state index in [-0.39, 0.29) is 17.6 Å². The van der Waals surface area contributed by atoms with E-state index in [0.717, 1.165) is 18.4 Å². The topological polar surface area (TPSA) is 49.3 Å². The Labute approximate surface area is 90.1 Å². The number of hydrogen-bond donors (Lipinski definition) is 2. The van der Waals surface area contributed by atoms with E-state index in [1.165, 1.54) is 0 Å². The third-order valence-corrected chi connectivity index (χ3v) is 2.50. The summed E-state index contributed by atoms with van der Waals surface area (Å²) in [4.78, 5) is 11.1. The number of nitrogens with one attached hydrogen (secondary N) is 1. The number of carbonyl (C=O) groups is 1. The van der Waals surface area contributed by atoms with Crippen LogP contribution in [-0.2, 0) is 11.2 Å². The third-order valence-electron chi connectivity index (χ3n) is 2.50. The van der Waals surface area contributed by atoms with Crippen molar-refractivity contribution < 1.29 is 9.90 Å². The molecular weight excluding hydrogens is 190 g/mol. The van der Waals surface area contributed by atoms with Crippen molar-refractivity contribution in [3.8, 4) is 5.75 Å². The number of carbonyl (C=O) groups excluding carboxylic acids is 1. The van der Waals surface area contributed by atoms with Gasteiger partial charge in [0.15, 0.2) is 0 Å². The van der Waals surface area contributed by atoms with E-state index >= 15 is 0 Å². The number of ketones is 1. The Morgan fingerprint density at radius 2 is 2.00 bits per heavy atom. The van der Waals surface area contributed by atoms with Gasteiger partial charge in [-0.3, -0.25) is 4.79 Å². The summed E-state index contributed by atoms with van der Waals surface area (Å²) >= 11 is 0. The minimum absolute atomic E-state index is 0.0706. The fraction of sp³-hybridized carbons (Fsp3) is 0.417. The van der Waals surface area contributed by atoms with Crippen LogP contribution in [0.5, 0.6) is 5.75 Å². The molecule has 0 amide bonds. The van der Waals surface area contributed by atoms with Crippen molar-refractivity contribution in [3.05, 3.63) is 29.8 Å². The molecule has 0 aromatic heterocycles. The smallest absolute Gasteiger partial charge is 0.146 e. The Bertz CT molecular complexity index is 319. The Balaban J connectivity index is 2.49. The van der Waals surface area contributed by atoms with Crippen LogP contribution in [0.1, 0.15) is 18.9 Å². The lowest BCUT2D eigenvalue weighted by Crippen LogP contribution is -2.32. The SMILES string of the molecule is CNC(CCc1ccc(O)cc1)C(C)=O. The summed E-state index contributed by atoms with van der Waals surface area (Å²) in [5.74, 6) is 0.437. The minimum atomic E-state index is -0.0706. The van der Waals surface area contributed by atoms with Gasteiger partial charge >= 0.3 is 0 Å². The molecule has 1 unspecified atom stereocenters. The van der Waals surface area contributed by atoms with Gasteiger partial charge in [0.25, 0.3) is 0 Å². The van der Waals surface area contributed by atoms with Gasteiger partial charge in [0, 0.05) is 0 Å². The summed E-state index contributed by atoms with van der Waals surface area (Å²) in [5.41, 5.74) is 1.13. The summed E-state index contributed by atoms with van der Waals surface area (Å²) in [5, 5.41) is 12.1. The van der Waals surface area contributed by atoms with Crippen LogP contribution in [-0.4, -0.2) is 24.0 Å².